The molecule has 0 radical (unpaired) electrons. The molecule has 222 valence electrons. The molecule has 2 aromatic heterocycles. The van der Waals surface area contributed by atoms with Crippen molar-refractivity contribution in [2.24, 2.45) is 0 Å². The number of likely N-dealkylation sites (tertiary alicyclic amines) is 1. The zero-order valence-corrected chi connectivity index (χ0v) is 27.5. The van der Waals surface area contributed by atoms with E-state index < -0.39 is 0 Å². The van der Waals surface area contributed by atoms with Crippen LogP contribution in [-0.2, 0) is 22.4 Å². The number of benzene rings is 2. The normalized spacial score (nSPS) is 17.8. The molecular formula is C31H40BIN6O3. The minimum absolute atomic E-state index is 0.256. The van der Waals surface area contributed by atoms with Crippen molar-refractivity contribution in [2.45, 2.75) is 71.8 Å². The van der Waals surface area contributed by atoms with Gasteiger partial charge in [0, 0.05) is 10.1 Å². The lowest BCUT2D eigenvalue weighted by Crippen LogP contribution is -2.41. The van der Waals surface area contributed by atoms with Crippen molar-refractivity contribution >= 4 is 52.2 Å². The number of ether oxygens (including phenoxy) is 1. The number of anilines is 1. The largest absolute Gasteiger partial charge is 0.495 e. The molecule has 0 unspecified atom stereocenters. The van der Waals surface area contributed by atoms with Crippen LogP contribution in [0.2, 0.25) is 0 Å². The number of nitrogens with two attached hydrogens (primary N) is 1. The number of hydrogen-bond donors (Lipinski definition) is 1. The van der Waals surface area contributed by atoms with E-state index in [0.29, 0.717) is 35.4 Å². The maximum absolute atomic E-state index is 6.21. The number of imidazole rings is 1. The van der Waals surface area contributed by atoms with Gasteiger partial charge in [0.05, 0.1) is 24.9 Å². The third kappa shape index (κ3) is 6.59. The fourth-order valence-corrected chi connectivity index (χ4v) is 5.90. The zero-order chi connectivity index (χ0) is 30.1. The van der Waals surface area contributed by atoms with E-state index >= 15 is 0 Å². The van der Waals surface area contributed by atoms with Crippen molar-refractivity contribution in [3.63, 3.8) is 0 Å². The summed E-state index contributed by atoms with van der Waals surface area (Å²) in [5.74, 6) is 0.989. The lowest BCUT2D eigenvalue weighted by molar-refractivity contribution is 0.00578. The Morgan fingerprint density at radius 1 is 0.952 bits per heavy atom. The second-order valence-electron chi connectivity index (χ2n) is 11.9. The van der Waals surface area contributed by atoms with E-state index in [-0.39, 0.29) is 18.3 Å². The molecule has 0 saturated carbocycles. The highest BCUT2D eigenvalue weighted by atomic mass is 127. The molecule has 0 bridgehead atoms. The molecule has 4 heterocycles. The summed E-state index contributed by atoms with van der Waals surface area (Å²) in [7, 11) is 1.33. The van der Waals surface area contributed by atoms with Crippen molar-refractivity contribution < 1.29 is 14.0 Å². The van der Waals surface area contributed by atoms with Crippen molar-refractivity contribution in [1.82, 2.24) is 24.4 Å². The van der Waals surface area contributed by atoms with E-state index in [1.807, 2.05) is 17.6 Å². The minimum Gasteiger partial charge on any atom is -0.468 e. The van der Waals surface area contributed by atoms with Gasteiger partial charge in [0.1, 0.15) is 5.82 Å². The molecule has 6 rings (SSSR count). The quantitative estimate of drug-likeness (QED) is 0.225. The van der Waals surface area contributed by atoms with Gasteiger partial charge in [0.2, 0.25) is 0 Å². The van der Waals surface area contributed by atoms with Crippen LogP contribution in [-0.4, -0.2) is 62.9 Å². The predicted molar refractivity (Wildman–Crippen MR) is 176 cm³/mol. The predicted octanol–water partition coefficient (Wildman–Crippen LogP) is 4.96. The number of aromatic nitrogens is 4. The number of nitrogen functional groups attached to an aromatic ring is 1. The minimum atomic E-state index is -0.279. The van der Waals surface area contributed by atoms with Crippen LogP contribution in [0, 0.1) is 10.5 Å². The number of rotatable bonds is 6. The summed E-state index contributed by atoms with van der Waals surface area (Å²) in [5, 5.41) is 0. The average molecular weight is 682 g/mol. The number of nitrogens with zero attached hydrogens (tertiary/aromatic N) is 5. The summed E-state index contributed by atoms with van der Waals surface area (Å²) in [4.78, 5) is 15.5. The Balaban J connectivity index is 0.000000168. The Bertz CT molecular complexity index is 1540. The number of halogens is 1. The SMILES string of the molecule is CC1(C)OB(c2ccccc2CN2CCCC2)OC1(C)C.COc1nc2c(N)nc(C)nc2n1Cc1cccc(I)c1. The third-order valence-corrected chi connectivity index (χ3v) is 8.94. The van der Waals surface area contributed by atoms with Crippen molar-refractivity contribution in [3.8, 4) is 6.01 Å². The Morgan fingerprint density at radius 3 is 2.31 bits per heavy atom. The summed E-state index contributed by atoms with van der Waals surface area (Å²) < 4.78 is 20.9. The molecule has 4 aromatic rings. The maximum atomic E-state index is 6.21. The first kappa shape index (κ1) is 30.7. The molecule has 9 nitrogen and oxygen atoms in total. The maximum Gasteiger partial charge on any atom is 0.495 e. The molecular weight excluding hydrogens is 642 g/mol. The van der Waals surface area contributed by atoms with E-state index in [9.17, 15) is 0 Å². The van der Waals surface area contributed by atoms with Crippen LogP contribution in [0.1, 0.15) is 57.5 Å². The number of hydrogen-bond acceptors (Lipinski definition) is 8. The highest BCUT2D eigenvalue weighted by Crippen LogP contribution is 2.36. The molecule has 2 aliphatic heterocycles. The first-order valence-electron chi connectivity index (χ1n) is 14.4. The molecule has 0 aliphatic carbocycles. The van der Waals surface area contributed by atoms with Gasteiger partial charge in [-0.15, -0.1) is 0 Å². The monoisotopic (exact) mass is 682 g/mol. The molecule has 2 N–H and O–H groups in total. The van der Waals surface area contributed by atoms with Gasteiger partial charge in [0.25, 0.3) is 6.01 Å². The van der Waals surface area contributed by atoms with Crippen LogP contribution in [0.5, 0.6) is 6.01 Å². The molecule has 2 fully saturated rings. The second kappa shape index (κ2) is 12.5. The van der Waals surface area contributed by atoms with Gasteiger partial charge in [0.15, 0.2) is 17.0 Å². The van der Waals surface area contributed by atoms with Gasteiger partial charge in [-0.3, -0.25) is 9.47 Å². The number of fused-ring (bicyclic) bond motifs is 1. The van der Waals surface area contributed by atoms with Crippen LogP contribution in [0.15, 0.2) is 48.5 Å². The third-order valence-electron chi connectivity index (χ3n) is 8.27. The standard InChI is InChI=1S/C17H26BNO2.C14H14IN5O/c1-16(2)17(3,4)21-18(20-16)15-10-6-5-9-14(15)13-19-11-7-8-12-19;1-8-17-12(16)11-13(18-8)20(14(19-11)21-2)7-9-4-3-5-10(15)6-9/h5-6,9-10H,7-8,11-13H2,1-4H3;3-6H,7H2,1-2H3,(H2,16,17,18). The lowest BCUT2D eigenvalue weighted by Gasteiger charge is -2.32. The van der Waals surface area contributed by atoms with Crippen LogP contribution in [0.4, 0.5) is 5.82 Å². The summed E-state index contributed by atoms with van der Waals surface area (Å²) in [6, 6.07) is 17.3. The fourth-order valence-electron chi connectivity index (χ4n) is 5.29. The first-order valence-corrected chi connectivity index (χ1v) is 15.5. The van der Waals surface area contributed by atoms with E-state index in [1.54, 1.807) is 7.11 Å². The Kier molecular flexibility index (Phi) is 9.12. The van der Waals surface area contributed by atoms with Crippen LogP contribution < -0.4 is 15.9 Å². The molecule has 2 aromatic carbocycles. The summed E-state index contributed by atoms with van der Waals surface area (Å²) in [6.45, 7) is 14.3. The Hall–Kier alpha value is -2.74. The smallest absolute Gasteiger partial charge is 0.468 e. The highest BCUT2D eigenvalue weighted by Gasteiger charge is 2.52. The average Bonchev–Trinajstić information content (AvgIpc) is 3.62. The molecule has 0 spiro atoms. The zero-order valence-electron chi connectivity index (χ0n) is 25.4. The fraction of sp³-hybridized carbons (Fsp3) is 0.452. The highest BCUT2D eigenvalue weighted by molar-refractivity contribution is 14.1. The van der Waals surface area contributed by atoms with Gasteiger partial charge in [-0.2, -0.15) is 4.98 Å². The van der Waals surface area contributed by atoms with Crippen LogP contribution in [0.25, 0.3) is 11.2 Å². The van der Waals surface area contributed by atoms with Crippen LogP contribution in [0.3, 0.4) is 0 Å². The molecule has 0 amide bonds. The molecule has 11 heteroatoms. The van der Waals surface area contributed by atoms with E-state index in [4.69, 9.17) is 19.8 Å². The number of aryl methyl sites for hydroxylation is 1. The van der Waals surface area contributed by atoms with Gasteiger partial charge >= 0.3 is 7.12 Å². The van der Waals surface area contributed by atoms with Crippen molar-refractivity contribution in [2.75, 3.05) is 25.9 Å². The molecule has 0 atom stereocenters. The van der Waals surface area contributed by atoms with Crippen molar-refractivity contribution in [3.05, 3.63) is 69.1 Å². The lowest BCUT2D eigenvalue weighted by atomic mass is 9.76. The Morgan fingerprint density at radius 2 is 1.64 bits per heavy atom. The van der Waals surface area contributed by atoms with E-state index in [2.05, 4.69) is 113 Å². The summed E-state index contributed by atoms with van der Waals surface area (Å²) in [5.41, 5.74) is 10.3. The summed E-state index contributed by atoms with van der Waals surface area (Å²) in [6.07, 6.45) is 2.64. The first-order chi connectivity index (χ1) is 20.0. The van der Waals surface area contributed by atoms with Crippen molar-refractivity contribution in [1.29, 1.82) is 0 Å². The molecule has 2 saturated heterocycles. The molecule has 2 aliphatic rings. The Labute approximate surface area is 262 Å². The number of methoxy groups -OCH3 is 1. The van der Waals surface area contributed by atoms with E-state index in [1.165, 1.54) is 40.5 Å². The van der Waals surface area contributed by atoms with Gasteiger partial charge in [-0.05, 0) is 112 Å². The van der Waals surface area contributed by atoms with Gasteiger partial charge in [-0.1, -0.05) is 36.4 Å². The van der Waals surface area contributed by atoms with E-state index in [0.717, 1.165) is 12.1 Å². The molecule has 42 heavy (non-hydrogen) atoms. The van der Waals surface area contributed by atoms with Gasteiger partial charge in [-0.25, -0.2) is 9.97 Å². The van der Waals surface area contributed by atoms with Gasteiger partial charge < -0.3 is 19.8 Å². The summed E-state index contributed by atoms with van der Waals surface area (Å²) >= 11 is 2.29. The topological polar surface area (TPSA) is 101 Å². The van der Waals surface area contributed by atoms with Crippen LogP contribution >= 0.6 is 22.6 Å². The second-order valence-corrected chi connectivity index (χ2v) is 13.2.